The van der Waals surface area contributed by atoms with Crippen LogP contribution in [0.5, 0.6) is 5.75 Å². The molecule has 0 unspecified atom stereocenters. The summed E-state index contributed by atoms with van der Waals surface area (Å²) in [5.74, 6) is 0.548. The topological polar surface area (TPSA) is 84.5 Å². The third-order valence-electron chi connectivity index (χ3n) is 3.57. The summed E-state index contributed by atoms with van der Waals surface area (Å²) < 4.78 is 33.2. The zero-order chi connectivity index (χ0) is 18.6. The lowest BCUT2D eigenvalue weighted by Gasteiger charge is -2.15. The summed E-state index contributed by atoms with van der Waals surface area (Å²) in [6.07, 6.45) is 0. The number of methoxy groups -OCH3 is 1. The average molecular weight is 362 g/mol. The second-order valence-corrected chi connectivity index (χ2v) is 7.61. The Balaban J connectivity index is 2.33. The summed E-state index contributed by atoms with van der Waals surface area (Å²) in [7, 11) is -2.20. The molecule has 0 aliphatic heterocycles. The minimum Gasteiger partial charge on any atom is -0.496 e. The molecule has 2 aromatic carbocycles. The van der Waals surface area contributed by atoms with Gasteiger partial charge in [0.25, 0.3) is 10.0 Å². The van der Waals surface area contributed by atoms with Crippen LogP contribution in [0, 0.1) is 0 Å². The van der Waals surface area contributed by atoms with Gasteiger partial charge in [0.15, 0.2) is 0 Å². The molecule has 0 aliphatic rings. The van der Waals surface area contributed by atoms with Crippen LogP contribution in [0.15, 0.2) is 47.4 Å². The SMILES string of the molecule is COc1ccc(S(=O)(=O)Nc2cccc(NC(C)=O)c2)cc1C(C)C. The van der Waals surface area contributed by atoms with Crippen LogP contribution in [0.3, 0.4) is 0 Å². The van der Waals surface area contributed by atoms with E-state index in [1.807, 2.05) is 13.8 Å². The van der Waals surface area contributed by atoms with E-state index in [0.29, 0.717) is 17.1 Å². The van der Waals surface area contributed by atoms with Crippen molar-refractivity contribution in [3.05, 3.63) is 48.0 Å². The zero-order valence-electron chi connectivity index (χ0n) is 14.7. The standard InChI is InChI=1S/C18H22N2O4S/c1-12(2)17-11-16(8-9-18(17)24-4)25(22,23)20-15-7-5-6-14(10-15)19-13(3)21/h5-12,20H,1-4H3,(H,19,21). The highest BCUT2D eigenvalue weighted by Crippen LogP contribution is 2.29. The summed E-state index contributed by atoms with van der Waals surface area (Å²) in [4.78, 5) is 11.3. The number of rotatable bonds is 6. The minimum absolute atomic E-state index is 0.119. The van der Waals surface area contributed by atoms with Crippen LogP contribution in [-0.2, 0) is 14.8 Å². The van der Waals surface area contributed by atoms with Crippen molar-refractivity contribution in [1.82, 2.24) is 0 Å². The fraction of sp³-hybridized carbons (Fsp3) is 0.278. The molecule has 0 aliphatic carbocycles. The van der Waals surface area contributed by atoms with Gasteiger partial charge in [0.1, 0.15) is 5.75 Å². The molecule has 0 heterocycles. The molecule has 7 heteroatoms. The number of hydrogen-bond donors (Lipinski definition) is 2. The highest BCUT2D eigenvalue weighted by atomic mass is 32.2. The summed E-state index contributed by atoms with van der Waals surface area (Å²) in [6.45, 7) is 5.33. The lowest BCUT2D eigenvalue weighted by Crippen LogP contribution is -2.14. The highest BCUT2D eigenvalue weighted by Gasteiger charge is 2.18. The van der Waals surface area contributed by atoms with E-state index < -0.39 is 10.0 Å². The molecule has 0 saturated heterocycles. The molecule has 0 bridgehead atoms. The van der Waals surface area contributed by atoms with Crippen molar-refractivity contribution in [2.45, 2.75) is 31.6 Å². The number of hydrogen-bond acceptors (Lipinski definition) is 4. The lowest BCUT2D eigenvalue weighted by molar-refractivity contribution is -0.114. The zero-order valence-corrected chi connectivity index (χ0v) is 15.5. The molecule has 0 atom stereocenters. The first-order valence-electron chi connectivity index (χ1n) is 7.81. The number of amides is 1. The van der Waals surface area contributed by atoms with E-state index in [1.54, 1.807) is 43.5 Å². The Morgan fingerprint density at radius 2 is 1.76 bits per heavy atom. The maximum Gasteiger partial charge on any atom is 0.261 e. The lowest BCUT2D eigenvalue weighted by atomic mass is 10.0. The molecule has 25 heavy (non-hydrogen) atoms. The van der Waals surface area contributed by atoms with Crippen molar-refractivity contribution in [3.63, 3.8) is 0 Å². The third kappa shape index (κ3) is 4.73. The Kier molecular flexibility index (Phi) is 5.69. The van der Waals surface area contributed by atoms with Crippen LogP contribution in [0.4, 0.5) is 11.4 Å². The number of benzene rings is 2. The van der Waals surface area contributed by atoms with Crippen molar-refractivity contribution in [2.24, 2.45) is 0 Å². The van der Waals surface area contributed by atoms with Gasteiger partial charge in [-0.05, 0) is 47.9 Å². The van der Waals surface area contributed by atoms with E-state index in [2.05, 4.69) is 10.0 Å². The van der Waals surface area contributed by atoms with E-state index in [4.69, 9.17) is 4.74 Å². The number of carbonyl (C=O) groups is 1. The van der Waals surface area contributed by atoms with E-state index in [-0.39, 0.29) is 16.7 Å². The van der Waals surface area contributed by atoms with Crippen molar-refractivity contribution in [1.29, 1.82) is 0 Å². The summed E-state index contributed by atoms with van der Waals surface area (Å²) in [5, 5.41) is 2.62. The van der Waals surface area contributed by atoms with E-state index in [0.717, 1.165) is 5.56 Å². The molecule has 0 radical (unpaired) electrons. The predicted octanol–water partition coefficient (Wildman–Crippen LogP) is 3.58. The molecule has 1 amide bonds. The first-order chi connectivity index (χ1) is 11.7. The van der Waals surface area contributed by atoms with Gasteiger partial charge in [-0.1, -0.05) is 19.9 Å². The molecular formula is C18H22N2O4S. The molecular weight excluding hydrogens is 340 g/mol. The Morgan fingerprint density at radius 1 is 1.08 bits per heavy atom. The number of ether oxygens (including phenoxy) is 1. The van der Waals surface area contributed by atoms with E-state index >= 15 is 0 Å². The van der Waals surface area contributed by atoms with E-state index in [1.165, 1.54) is 13.0 Å². The fourth-order valence-electron chi connectivity index (χ4n) is 2.41. The molecule has 0 fully saturated rings. The molecule has 0 saturated carbocycles. The highest BCUT2D eigenvalue weighted by molar-refractivity contribution is 7.92. The monoisotopic (exact) mass is 362 g/mol. The Hall–Kier alpha value is -2.54. The summed E-state index contributed by atoms with van der Waals surface area (Å²) >= 11 is 0. The molecule has 2 rings (SSSR count). The molecule has 134 valence electrons. The van der Waals surface area contributed by atoms with Crippen LogP contribution in [0.1, 0.15) is 32.3 Å². The molecule has 0 aromatic heterocycles. The maximum atomic E-state index is 12.7. The van der Waals surface area contributed by atoms with Crippen molar-refractivity contribution in [3.8, 4) is 5.75 Å². The minimum atomic E-state index is -3.76. The Morgan fingerprint density at radius 3 is 2.36 bits per heavy atom. The van der Waals surface area contributed by atoms with Gasteiger partial charge >= 0.3 is 0 Å². The van der Waals surface area contributed by atoms with Crippen molar-refractivity contribution in [2.75, 3.05) is 17.1 Å². The summed E-state index contributed by atoms with van der Waals surface area (Å²) in [6, 6.07) is 11.3. The summed E-state index contributed by atoms with van der Waals surface area (Å²) in [5.41, 5.74) is 1.70. The molecule has 2 aromatic rings. The van der Waals surface area contributed by atoms with Crippen LogP contribution in [0.2, 0.25) is 0 Å². The van der Waals surface area contributed by atoms with Gasteiger partial charge < -0.3 is 10.1 Å². The second-order valence-electron chi connectivity index (χ2n) is 5.93. The quantitative estimate of drug-likeness (QED) is 0.823. The first-order valence-corrected chi connectivity index (χ1v) is 9.29. The molecule has 2 N–H and O–H groups in total. The third-order valence-corrected chi connectivity index (χ3v) is 4.95. The van der Waals surface area contributed by atoms with Crippen LogP contribution < -0.4 is 14.8 Å². The van der Waals surface area contributed by atoms with Crippen LogP contribution in [-0.4, -0.2) is 21.4 Å². The van der Waals surface area contributed by atoms with E-state index in [9.17, 15) is 13.2 Å². The smallest absolute Gasteiger partial charge is 0.261 e. The average Bonchev–Trinajstić information content (AvgIpc) is 2.53. The van der Waals surface area contributed by atoms with Gasteiger partial charge in [0.05, 0.1) is 17.7 Å². The van der Waals surface area contributed by atoms with Gasteiger partial charge in [0, 0.05) is 12.6 Å². The van der Waals surface area contributed by atoms with Gasteiger partial charge in [-0.25, -0.2) is 8.42 Å². The van der Waals surface area contributed by atoms with Crippen LogP contribution in [0.25, 0.3) is 0 Å². The van der Waals surface area contributed by atoms with Crippen molar-refractivity contribution >= 4 is 27.3 Å². The van der Waals surface area contributed by atoms with Crippen molar-refractivity contribution < 1.29 is 17.9 Å². The van der Waals surface area contributed by atoms with Gasteiger partial charge in [-0.2, -0.15) is 0 Å². The largest absolute Gasteiger partial charge is 0.496 e. The van der Waals surface area contributed by atoms with Gasteiger partial charge in [-0.15, -0.1) is 0 Å². The van der Waals surface area contributed by atoms with Gasteiger partial charge in [0.2, 0.25) is 5.91 Å². The normalized spacial score (nSPS) is 11.2. The van der Waals surface area contributed by atoms with Gasteiger partial charge in [-0.3, -0.25) is 9.52 Å². The number of anilines is 2. The fourth-order valence-corrected chi connectivity index (χ4v) is 3.49. The molecule has 0 spiro atoms. The Labute approximate surface area is 148 Å². The second kappa shape index (κ2) is 7.57. The number of carbonyl (C=O) groups excluding carboxylic acids is 1. The first kappa shape index (κ1) is 18.8. The van der Waals surface area contributed by atoms with Crippen LogP contribution >= 0.6 is 0 Å². The number of nitrogens with one attached hydrogen (secondary N) is 2. The Bertz CT molecular complexity index is 876. The maximum absolute atomic E-state index is 12.7. The number of sulfonamides is 1. The molecule has 6 nitrogen and oxygen atoms in total. The predicted molar refractivity (Wildman–Crippen MR) is 98.6 cm³/mol.